The Kier molecular flexibility index (Phi) is 8.42. The molecule has 0 amide bonds. The summed E-state index contributed by atoms with van der Waals surface area (Å²) < 4.78 is 1.79. The largest absolute Gasteiger partial charge is 0.126 e. The fraction of sp³-hybridized carbons (Fsp3) is 0.143. The molecular formula is C35H30Zr. The second kappa shape index (κ2) is 12.3. The summed E-state index contributed by atoms with van der Waals surface area (Å²) in [6.07, 6.45) is 15.8. The van der Waals surface area contributed by atoms with Gasteiger partial charge in [-0.15, -0.1) is 46.2 Å². The maximum atomic E-state index is 2.99. The summed E-state index contributed by atoms with van der Waals surface area (Å²) in [6, 6.07) is 37.0. The van der Waals surface area contributed by atoms with Crippen molar-refractivity contribution in [2.45, 2.75) is 32.1 Å². The first-order valence-corrected chi connectivity index (χ1v) is 14.0. The molecule has 0 nitrogen and oxygen atoms in total. The van der Waals surface area contributed by atoms with Gasteiger partial charge in [-0.3, -0.25) is 6.08 Å². The summed E-state index contributed by atoms with van der Waals surface area (Å²) in [6.45, 7) is 0. The molecule has 0 bridgehead atoms. The van der Waals surface area contributed by atoms with Crippen molar-refractivity contribution in [2.24, 2.45) is 0 Å². The molecule has 0 aliphatic heterocycles. The molecule has 1 fully saturated rings. The SMILES string of the molecule is [C-]1=CC=CC1.[Zr+2]=[C]1CCCC1.c1ccc(-c2ccc3c(c2)[cH-]c2cc(-c4ccccc4)ccc23)cc1. The molecular weight excluding hydrogens is 512 g/mol. The summed E-state index contributed by atoms with van der Waals surface area (Å²) in [4.78, 5) is 0. The molecule has 2 aliphatic rings. The molecule has 0 spiro atoms. The number of hydrogen-bond donors (Lipinski definition) is 0. The predicted octanol–water partition coefficient (Wildman–Crippen LogP) is 9.63. The maximum Gasteiger partial charge on any atom is -0.0259 e. The van der Waals surface area contributed by atoms with Gasteiger partial charge in [-0.05, 0) is 11.1 Å². The second-order valence-corrected chi connectivity index (χ2v) is 11.0. The van der Waals surface area contributed by atoms with Crippen LogP contribution in [0.15, 0.2) is 121 Å². The Morgan fingerprint density at radius 1 is 0.611 bits per heavy atom. The molecule has 0 radical (unpaired) electrons. The molecule has 1 heteroatoms. The van der Waals surface area contributed by atoms with Crippen LogP contribution in [0.4, 0.5) is 0 Å². The molecule has 0 aromatic heterocycles. The van der Waals surface area contributed by atoms with Crippen molar-refractivity contribution in [2.75, 3.05) is 0 Å². The van der Waals surface area contributed by atoms with E-state index in [0.717, 1.165) is 6.42 Å². The second-order valence-electron chi connectivity index (χ2n) is 9.29. The molecule has 0 heterocycles. The fourth-order valence-electron chi connectivity index (χ4n) is 4.78. The number of benzene rings is 4. The van der Waals surface area contributed by atoms with Crippen LogP contribution in [-0.4, -0.2) is 3.21 Å². The van der Waals surface area contributed by atoms with Gasteiger partial charge in [0.05, 0.1) is 0 Å². The number of hydrogen-bond acceptors (Lipinski definition) is 0. The minimum Gasteiger partial charge on any atom is -0.126 e. The van der Waals surface area contributed by atoms with E-state index in [2.05, 4.69) is 115 Å². The molecule has 5 aromatic carbocycles. The van der Waals surface area contributed by atoms with E-state index in [1.54, 1.807) is 27.4 Å². The minimum absolute atomic E-state index is 1.01. The van der Waals surface area contributed by atoms with Crippen LogP contribution in [0.1, 0.15) is 32.1 Å². The molecule has 5 aromatic rings. The van der Waals surface area contributed by atoms with E-state index in [1.807, 2.05) is 12.2 Å². The van der Waals surface area contributed by atoms with Gasteiger partial charge < -0.3 is 0 Å². The summed E-state index contributed by atoms with van der Waals surface area (Å²) in [5.74, 6) is 0. The number of rotatable bonds is 2. The van der Waals surface area contributed by atoms with E-state index in [4.69, 9.17) is 0 Å². The van der Waals surface area contributed by atoms with Crippen LogP contribution in [0.25, 0.3) is 43.8 Å². The third kappa shape index (κ3) is 6.21. The monoisotopic (exact) mass is 540 g/mol. The van der Waals surface area contributed by atoms with Crippen LogP contribution in [0.5, 0.6) is 0 Å². The smallest absolute Gasteiger partial charge is 0.0259 e. The molecule has 174 valence electrons. The van der Waals surface area contributed by atoms with Gasteiger partial charge in [0.15, 0.2) is 0 Å². The molecule has 2 aliphatic carbocycles. The molecule has 0 atom stereocenters. The van der Waals surface area contributed by atoms with E-state index in [9.17, 15) is 0 Å². The van der Waals surface area contributed by atoms with Gasteiger partial charge >= 0.3 is 53.1 Å². The normalized spacial score (nSPS) is 14.0. The van der Waals surface area contributed by atoms with E-state index in [1.165, 1.54) is 69.5 Å². The Hall–Kier alpha value is -3.02. The fourth-order valence-corrected chi connectivity index (χ4v) is 5.65. The summed E-state index contributed by atoms with van der Waals surface area (Å²) in [7, 11) is 0. The standard InChI is InChI=1S/C25H17.C5H8.C5H5.Zr/c1-3-7-18(8-4-1)20-11-13-24-22(15-20)17-23-16-21(12-14-25(23)24)19-9-5-2-6-10-19;2*1-2-4-5-3-1;/h1-17H;1-4H2;1-3H,4H2;/q-1;;-1;+2. The van der Waals surface area contributed by atoms with Crippen LogP contribution in [0.3, 0.4) is 0 Å². The first-order valence-electron chi connectivity index (χ1n) is 12.8. The molecule has 1 saturated carbocycles. The summed E-state index contributed by atoms with van der Waals surface area (Å²) >= 11 is 1.68. The van der Waals surface area contributed by atoms with Gasteiger partial charge in [0.25, 0.3) is 0 Å². The van der Waals surface area contributed by atoms with Gasteiger partial charge in [-0.25, -0.2) is 12.2 Å². The van der Waals surface area contributed by atoms with Gasteiger partial charge in [0.2, 0.25) is 0 Å². The Balaban J connectivity index is 0.000000200. The van der Waals surface area contributed by atoms with E-state index in [0.29, 0.717) is 0 Å². The molecule has 0 saturated heterocycles. The van der Waals surface area contributed by atoms with Crippen LogP contribution >= 0.6 is 0 Å². The van der Waals surface area contributed by atoms with Crippen molar-refractivity contribution in [1.29, 1.82) is 0 Å². The van der Waals surface area contributed by atoms with Gasteiger partial charge in [0.1, 0.15) is 0 Å². The van der Waals surface area contributed by atoms with Crippen LogP contribution in [-0.2, 0) is 24.2 Å². The zero-order chi connectivity index (χ0) is 24.6. The Morgan fingerprint density at radius 2 is 1.14 bits per heavy atom. The topological polar surface area (TPSA) is 0 Å². The van der Waals surface area contributed by atoms with Crippen LogP contribution < -0.4 is 0 Å². The molecule has 7 rings (SSSR count). The quantitative estimate of drug-likeness (QED) is 0.195. The third-order valence-electron chi connectivity index (χ3n) is 6.71. The first kappa shape index (κ1) is 24.7. The van der Waals surface area contributed by atoms with Crippen molar-refractivity contribution in [3.63, 3.8) is 0 Å². The zero-order valence-electron chi connectivity index (χ0n) is 20.6. The van der Waals surface area contributed by atoms with Gasteiger partial charge in [-0.2, -0.15) is 6.08 Å². The first-order chi connectivity index (χ1) is 17.8. The van der Waals surface area contributed by atoms with Crippen LogP contribution in [0.2, 0.25) is 0 Å². The van der Waals surface area contributed by atoms with E-state index < -0.39 is 0 Å². The average Bonchev–Trinajstić information content (AvgIpc) is 3.73. The molecule has 36 heavy (non-hydrogen) atoms. The summed E-state index contributed by atoms with van der Waals surface area (Å²) in [5, 5.41) is 5.27. The predicted molar refractivity (Wildman–Crippen MR) is 153 cm³/mol. The van der Waals surface area contributed by atoms with Crippen molar-refractivity contribution in [1.82, 2.24) is 0 Å². The van der Waals surface area contributed by atoms with Gasteiger partial charge in [0, 0.05) is 0 Å². The van der Waals surface area contributed by atoms with E-state index in [-0.39, 0.29) is 0 Å². The Bertz CT molecular complexity index is 1390. The van der Waals surface area contributed by atoms with Crippen molar-refractivity contribution >= 4 is 24.8 Å². The van der Waals surface area contributed by atoms with Crippen molar-refractivity contribution < 1.29 is 24.2 Å². The third-order valence-corrected chi connectivity index (χ3v) is 7.94. The van der Waals surface area contributed by atoms with E-state index >= 15 is 0 Å². The Labute approximate surface area is 229 Å². The average molecular weight is 542 g/mol. The van der Waals surface area contributed by atoms with Crippen LogP contribution in [0, 0.1) is 6.08 Å². The summed E-state index contributed by atoms with van der Waals surface area (Å²) in [5.41, 5.74) is 5.07. The number of fused-ring (bicyclic) bond motifs is 3. The van der Waals surface area contributed by atoms with Crippen molar-refractivity contribution in [3.05, 3.63) is 127 Å². The zero-order valence-corrected chi connectivity index (χ0v) is 23.0. The molecule has 0 unspecified atom stereocenters. The Morgan fingerprint density at radius 3 is 1.50 bits per heavy atom. The number of allylic oxidation sites excluding steroid dienone is 4. The van der Waals surface area contributed by atoms with Gasteiger partial charge in [-0.1, -0.05) is 96.1 Å². The minimum atomic E-state index is 1.01. The molecule has 0 N–H and O–H groups in total. The maximum absolute atomic E-state index is 2.99. The van der Waals surface area contributed by atoms with Crippen molar-refractivity contribution in [3.8, 4) is 22.3 Å².